The van der Waals surface area contributed by atoms with E-state index >= 15 is 0 Å². The van der Waals surface area contributed by atoms with Crippen molar-refractivity contribution in [3.05, 3.63) is 35.2 Å². The maximum absolute atomic E-state index is 14.5. The van der Waals surface area contributed by atoms with Crippen molar-refractivity contribution in [3.8, 4) is 11.3 Å². The number of anilines is 2. The molecule has 2 fully saturated rings. The van der Waals surface area contributed by atoms with Crippen LogP contribution in [0.1, 0.15) is 39.5 Å². The Kier molecular flexibility index (Phi) is 7.46. The van der Waals surface area contributed by atoms with E-state index in [-0.39, 0.29) is 23.2 Å². The third-order valence-electron chi connectivity index (χ3n) is 6.25. The summed E-state index contributed by atoms with van der Waals surface area (Å²) < 4.78 is 20.3. The van der Waals surface area contributed by atoms with Crippen molar-refractivity contribution >= 4 is 29.1 Å². The van der Waals surface area contributed by atoms with Gasteiger partial charge in [0.15, 0.2) is 11.6 Å². The van der Waals surface area contributed by atoms with Gasteiger partial charge in [0.1, 0.15) is 5.82 Å². The zero-order chi connectivity index (χ0) is 23.4. The summed E-state index contributed by atoms with van der Waals surface area (Å²) in [4.78, 5) is 21.3. The molecule has 7 nitrogen and oxygen atoms in total. The second-order valence-corrected chi connectivity index (χ2v) is 9.86. The van der Waals surface area contributed by atoms with Gasteiger partial charge in [-0.2, -0.15) is 0 Å². The molecule has 0 spiro atoms. The molecule has 1 unspecified atom stereocenters. The number of halogens is 2. The summed E-state index contributed by atoms with van der Waals surface area (Å²) in [6.45, 7) is 7.06. The Balaban J connectivity index is 1.48. The predicted octanol–water partition coefficient (Wildman–Crippen LogP) is 4.49. The number of pyridine rings is 2. The Labute approximate surface area is 198 Å². The summed E-state index contributed by atoms with van der Waals surface area (Å²) in [6, 6.07) is 4.64. The molecule has 0 radical (unpaired) electrons. The van der Waals surface area contributed by atoms with Crippen molar-refractivity contribution in [2.45, 2.75) is 45.1 Å². The van der Waals surface area contributed by atoms with Crippen molar-refractivity contribution in [2.24, 2.45) is 11.8 Å². The van der Waals surface area contributed by atoms with E-state index in [1.807, 2.05) is 0 Å². The molecule has 2 aliphatic rings. The Morgan fingerprint density at radius 1 is 1.36 bits per heavy atom. The smallest absolute Gasteiger partial charge is 0.229 e. The van der Waals surface area contributed by atoms with Gasteiger partial charge in [0.25, 0.3) is 0 Å². The van der Waals surface area contributed by atoms with Crippen molar-refractivity contribution in [3.63, 3.8) is 0 Å². The zero-order valence-corrected chi connectivity index (χ0v) is 19.8. The lowest BCUT2D eigenvalue weighted by Gasteiger charge is -2.35. The summed E-state index contributed by atoms with van der Waals surface area (Å²) in [6.07, 6.45) is 5.12. The number of hydrogen-bond donors (Lipinski definition) is 3. The van der Waals surface area contributed by atoms with Crippen LogP contribution in [0.3, 0.4) is 0 Å². The summed E-state index contributed by atoms with van der Waals surface area (Å²) >= 11 is 6.39. The first kappa shape index (κ1) is 23.9. The fourth-order valence-electron chi connectivity index (χ4n) is 4.50. The van der Waals surface area contributed by atoms with Gasteiger partial charge in [-0.25, -0.2) is 14.4 Å². The Bertz CT molecular complexity index is 997. The molecule has 2 atom stereocenters. The SMILES string of the molecule is CC1(C)C[C@H](CNc2nc(-c3cc(NC(=O)C4CCCNC4)ncc3Cl)ccc2F)CCO1. The standard InChI is InChI=1S/C24H31ClFN5O2/c1-24(2)11-15(7-9-33-24)12-29-22-19(26)5-6-20(30-22)17-10-21(28-14-18(17)25)31-23(32)16-4-3-8-27-13-16/h5-6,10,14-16,27H,3-4,7-9,11-13H2,1-2H3,(H,29,30)(H,28,31,32)/t15-,16?/m1/s1. The highest BCUT2D eigenvalue weighted by Gasteiger charge is 2.29. The van der Waals surface area contributed by atoms with Crippen LogP contribution in [0, 0.1) is 17.7 Å². The fourth-order valence-corrected chi connectivity index (χ4v) is 4.70. The van der Waals surface area contributed by atoms with Crippen LogP contribution in [-0.4, -0.2) is 47.7 Å². The molecule has 0 aliphatic carbocycles. The molecule has 178 valence electrons. The number of nitrogens with zero attached hydrogens (tertiary/aromatic N) is 2. The van der Waals surface area contributed by atoms with Gasteiger partial charge >= 0.3 is 0 Å². The molecule has 2 aromatic heterocycles. The first-order valence-electron chi connectivity index (χ1n) is 11.5. The van der Waals surface area contributed by atoms with E-state index in [1.165, 1.54) is 12.3 Å². The molecular formula is C24H31ClFN5O2. The molecule has 4 heterocycles. The van der Waals surface area contributed by atoms with E-state index in [0.717, 1.165) is 32.2 Å². The number of piperidine rings is 1. The van der Waals surface area contributed by atoms with Crippen molar-refractivity contribution < 1.29 is 13.9 Å². The maximum atomic E-state index is 14.5. The molecule has 4 rings (SSSR count). The topological polar surface area (TPSA) is 88.2 Å². The van der Waals surface area contributed by atoms with Crippen LogP contribution in [0.5, 0.6) is 0 Å². The molecule has 0 bridgehead atoms. The second kappa shape index (κ2) is 10.3. The minimum absolute atomic E-state index is 0.0724. The largest absolute Gasteiger partial charge is 0.376 e. The van der Waals surface area contributed by atoms with Gasteiger partial charge < -0.3 is 20.7 Å². The Morgan fingerprint density at radius 2 is 2.21 bits per heavy atom. The molecule has 3 N–H and O–H groups in total. The Morgan fingerprint density at radius 3 is 2.97 bits per heavy atom. The Hall–Kier alpha value is -2.29. The zero-order valence-electron chi connectivity index (χ0n) is 19.1. The lowest BCUT2D eigenvalue weighted by Crippen LogP contribution is -2.37. The predicted molar refractivity (Wildman–Crippen MR) is 128 cm³/mol. The van der Waals surface area contributed by atoms with Crippen LogP contribution in [-0.2, 0) is 9.53 Å². The monoisotopic (exact) mass is 475 g/mol. The van der Waals surface area contributed by atoms with Crippen molar-refractivity contribution in [2.75, 3.05) is 36.9 Å². The van der Waals surface area contributed by atoms with Crippen LogP contribution >= 0.6 is 11.6 Å². The number of amides is 1. The molecule has 2 aliphatic heterocycles. The van der Waals surface area contributed by atoms with E-state index in [4.69, 9.17) is 16.3 Å². The molecule has 9 heteroatoms. The first-order valence-corrected chi connectivity index (χ1v) is 11.9. The average molecular weight is 476 g/mol. The number of rotatable bonds is 6. The number of aromatic nitrogens is 2. The fraction of sp³-hybridized carbons (Fsp3) is 0.542. The second-order valence-electron chi connectivity index (χ2n) is 9.46. The van der Waals surface area contributed by atoms with Gasteiger partial charge in [0.05, 0.1) is 22.2 Å². The summed E-state index contributed by atoms with van der Waals surface area (Å²) in [5.41, 5.74) is 0.921. The lowest BCUT2D eigenvalue weighted by molar-refractivity contribution is -0.120. The van der Waals surface area contributed by atoms with Crippen LogP contribution in [0.25, 0.3) is 11.3 Å². The molecule has 0 saturated carbocycles. The van der Waals surface area contributed by atoms with E-state index in [9.17, 15) is 9.18 Å². The number of hydrogen-bond acceptors (Lipinski definition) is 6. The molecule has 2 aromatic rings. The highest BCUT2D eigenvalue weighted by Crippen LogP contribution is 2.31. The average Bonchev–Trinajstić information content (AvgIpc) is 2.80. The van der Waals surface area contributed by atoms with Gasteiger partial charge in [-0.3, -0.25) is 4.79 Å². The summed E-state index contributed by atoms with van der Waals surface area (Å²) in [5, 5.41) is 9.65. The van der Waals surface area contributed by atoms with E-state index in [0.29, 0.717) is 47.7 Å². The molecule has 33 heavy (non-hydrogen) atoms. The number of carbonyl (C=O) groups is 1. The van der Waals surface area contributed by atoms with Gasteiger partial charge in [-0.15, -0.1) is 0 Å². The van der Waals surface area contributed by atoms with Crippen LogP contribution in [0.4, 0.5) is 16.0 Å². The van der Waals surface area contributed by atoms with E-state index in [2.05, 4.69) is 39.8 Å². The first-order chi connectivity index (χ1) is 15.8. The van der Waals surface area contributed by atoms with Gasteiger partial charge in [-0.05, 0) is 70.2 Å². The van der Waals surface area contributed by atoms with E-state index in [1.54, 1.807) is 12.1 Å². The normalized spacial score (nSPS) is 22.5. The van der Waals surface area contributed by atoms with Crippen molar-refractivity contribution in [1.82, 2.24) is 15.3 Å². The van der Waals surface area contributed by atoms with Crippen molar-refractivity contribution in [1.29, 1.82) is 0 Å². The number of nitrogens with one attached hydrogen (secondary N) is 3. The van der Waals surface area contributed by atoms with Crippen LogP contribution in [0.2, 0.25) is 5.02 Å². The molecule has 1 amide bonds. The number of ether oxygens (including phenoxy) is 1. The minimum atomic E-state index is -0.423. The number of carbonyl (C=O) groups excluding carboxylic acids is 1. The van der Waals surface area contributed by atoms with Gasteiger partial charge in [-0.1, -0.05) is 11.6 Å². The molecule has 0 aromatic carbocycles. The quantitative estimate of drug-likeness (QED) is 0.570. The minimum Gasteiger partial charge on any atom is -0.376 e. The highest BCUT2D eigenvalue weighted by molar-refractivity contribution is 6.33. The van der Waals surface area contributed by atoms with Gasteiger partial charge in [0, 0.05) is 31.5 Å². The third-order valence-corrected chi connectivity index (χ3v) is 6.55. The van der Waals surface area contributed by atoms with Crippen LogP contribution in [0.15, 0.2) is 24.4 Å². The molecule has 2 saturated heterocycles. The molecular weight excluding hydrogens is 445 g/mol. The third kappa shape index (κ3) is 6.19. The summed E-state index contributed by atoms with van der Waals surface area (Å²) in [5.74, 6) is 0.373. The summed E-state index contributed by atoms with van der Waals surface area (Å²) in [7, 11) is 0. The van der Waals surface area contributed by atoms with Crippen LogP contribution < -0.4 is 16.0 Å². The highest BCUT2D eigenvalue weighted by atomic mass is 35.5. The van der Waals surface area contributed by atoms with E-state index < -0.39 is 5.82 Å². The lowest BCUT2D eigenvalue weighted by atomic mass is 9.88. The maximum Gasteiger partial charge on any atom is 0.229 e. The van der Waals surface area contributed by atoms with Gasteiger partial charge in [0.2, 0.25) is 5.91 Å².